The van der Waals surface area contributed by atoms with Crippen LogP contribution in [0.2, 0.25) is 0 Å². The molecule has 1 aliphatic carbocycles. The van der Waals surface area contributed by atoms with Crippen LogP contribution in [0.15, 0.2) is 24.3 Å². The highest BCUT2D eigenvalue weighted by Crippen LogP contribution is 2.40. The van der Waals surface area contributed by atoms with Gasteiger partial charge in [-0.15, -0.1) is 0 Å². The first-order valence-electron chi connectivity index (χ1n) is 5.88. The molecule has 1 fully saturated rings. The molecule has 15 heavy (non-hydrogen) atoms. The quantitative estimate of drug-likeness (QED) is 0.793. The average molecular weight is 203 g/mol. The van der Waals surface area contributed by atoms with Crippen molar-refractivity contribution in [2.75, 3.05) is 7.05 Å². The Bertz CT molecular complexity index is 337. The predicted octanol–water partition coefficient (Wildman–Crippen LogP) is 3.10. The van der Waals surface area contributed by atoms with Gasteiger partial charge in [-0.3, -0.25) is 0 Å². The summed E-state index contributed by atoms with van der Waals surface area (Å²) in [6.07, 6.45) is 3.88. The van der Waals surface area contributed by atoms with E-state index in [9.17, 15) is 0 Å². The third kappa shape index (κ3) is 2.82. The molecule has 0 saturated heterocycles. The molecule has 0 amide bonds. The van der Waals surface area contributed by atoms with E-state index < -0.39 is 0 Å². The third-order valence-corrected chi connectivity index (χ3v) is 3.32. The topological polar surface area (TPSA) is 12.0 Å². The zero-order valence-electron chi connectivity index (χ0n) is 10.0. The highest BCUT2D eigenvalue weighted by molar-refractivity contribution is 5.30. The van der Waals surface area contributed by atoms with Crippen molar-refractivity contribution in [1.82, 2.24) is 5.32 Å². The van der Waals surface area contributed by atoms with Crippen LogP contribution in [0.3, 0.4) is 0 Å². The van der Waals surface area contributed by atoms with Crippen LogP contribution in [0, 0.1) is 0 Å². The van der Waals surface area contributed by atoms with Crippen LogP contribution < -0.4 is 5.32 Å². The van der Waals surface area contributed by atoms with Crippen molar-refractivity contribution < 1.29 is 0 Å². The van der Waals surface area contributed by atoms with Gasteiger partial charge in [0.1, 0.15) is 0 Å². The SMILES string of the molecule is CNC(C)(C)Cc1cccc(C2CC2)c1. The maximum absolute atomic E-state index is 3.35. The van der Waals surface area contributed by atoms with E-state index in [1.807, 2.05) is 7.05 Å². The van der Waals surface area contributed by atoms with E-state index >= 15 is 0 Å². The molecule has 1 N–H and O–H groups in total. The van der Waals surface area contributed by atoms with Gasteiger partial charge in [0.25, 0.3) is 0 Å². The van der Waals surface area contributed by atoms with Gasteiger partial charge in [0.05, 0.1) is 0 Å². The fourth-order valence-corrected chi connectivity index (χ4v) is 1.97. The molecule has 1 aromatic rings. The van der Waals surface area contributed by atoms with Crippen LogP contribution in [-0.2, 0) is 6.42 Å². The minimum atomic E-state index is 0.197. The lowest BCUT2D eigenvalue weighted by Gasteiger charge is -2.24. The van der Waals surface area contributed by atoms with E-state index in [1.54, 1.807) is 5.56 Å². The Balaban J connectivity index is 2.11. The summed E-state index contributed by atoms with van der Waals surface area (Å²) >= 11 is 0. The summed E-state index contributed by atoms with van der Waals surface area (Å²) in [4.78, 5) is 0. The Morgan fingerprint density at radius 3 is 2.67 bits per heavy atom. The Hall–Kier alpha value is -0.820. The summed E-state index contributed by atoms with van der Waals surface area (Å²) in [5.41, 5.74) is 3.19. The zero-order chi connectivity index (χ0) is 10.9. The van der Waals surface area contributed by atoms with Crippen LogP contribution >= 0.6 is 0 Å². The van der Waals surface area contributed by atoms with E-state index in [0.717, 1.165) is 12.3 Å². The monoisotopic (exact) mass is 203 g/mol. The molecule has 1 aromatic carbocycles. The van der Waals surface area contributed by atoms with Gasteiger partial charge in [0.2, 0.25) is 0 Å². The molecular weight excluding hydrogens is 182 g/mol. The Labute approximate surface area is 92.9 Å². The molecule has 1 nitrogen and oxygen atoms in total. The van der Waals surface area contributed by atoms with Crippen molar-refractivity contribution in [3.63, 3.8) is 0 Å². The smallest absolute Gasteiger partial charge is 0.0162 e. The number of benzene rings is 1. The summed E-state index contributed by atoms with van der Waals surface area (Å²) in [7, 11) is 2.03. The van der Waals surface area contributed by atoms with E-state index in [-0.39, 0.29) is 5.54 Å². The third-order valence-electron chi connectivity index (χ3n) is 3.32. The second-order valence-corrected chi connectivity index (χ2v) is 5.33. The van der Waals surface area contributed by atoms with Gasteiger partial charge in [-0.05, 0) is 57.2 Å². The maximum atomic E-state index is 3.35. The second kappa shape index (κ2) is 3.97. The lowest BCUT2D eigenvalue weighted by Crippen LogP contribution is -2.38. The molecule has 0 aromatic heterocycles. The molecular formula is C14H21N. The largest absolute Gasteiger partial charge is 0.314 e. The van der Waals surface area contributed by atoms with Gasteiger partial charge in [-0.2, -0.15) is 0 Å². The van der Waals surface area contributed by atoms with Crippen molar-refractivity contribution in [3.05, 3.63) is 35.4 Å². The first-order chi connectivity index (χ1) is 7.11. The number of rotatable bonds is 4. The highest BCUT2D eigenvalue weighted by atomic mass is 14.9. The molecule has 0 unspecified atom stereocenters. The fraction of sp³-hybridized carbons (Fsp3) is 0.571. The van der Waals surface area contributed by atoms with Crippen molar-refractivity contribution >= 4 is 0 Å². The van der Waals surface area contributed by atoms with E-state index in [1.165, 1.54) is 18.4 Å². The molecule has 0 aliphatic heterocycles. The summed E-state index contributed by atoms with van der Waals surface area (Å²) in [6.45, 7) is 4.49. The lowest BCUT2D eigenvalue weighted by molar-refractivity contribution is 0.422. The van der Waals surface area contributed by atoms with Crippen molar-refractivity contribution in [2.45, 2.75) is 44.6 Å². The zero-order valence-corrected chi connectivity index (χ0v) is 10.0. The molecule has 0 heterocycles. The standard InChI is InChI=1S/C14H21N/c1-14(2,15-3)10-11-5-4-6-13(9-11)12-7-8-12/h4-6,9,12,15H,7-8,10H2,1-3H3. The van der Waals surface area contributed by atoms with Gasteiger partial charge in [-0.25, -0.2) is 0 Å². The van der Waals surface area contributed by atoms with Gasteiger partial charge in [0.15, 0.2) is 0 Å². The van der Waals surface area contributed by atoms with Crippen LogP contribution in [0.5, 0.6) is 0 Å². The summed E-state index contributed by atoms with van der Waals surface area (Å²) < 4.78 is 0. The van der Waals surface area contributed by atoms with Gasteiger partial charge in [-0.1, -0.05) is 24.3 Å². The molecule has 0 bridgehead atoms. The Morgan fingerprint density at radius 1 is 1.33 bits per heavy atom. The van der Waals surface area contributed by atoms with Gasteiger partial charge < -0.3 is 5.32 Å². The molecule has 82 valence electrons. The normalized spacial score (nSPS) is 16.7. The van der Waals surface area contributed by atoms with Crippen LogP contribution in [0.4, 0.5) is 0 Å². The van der Waals surface area contributed by atoms with Crippen molar-refractivity contribution in [3.8, 4) is 0 Å². The number of hydrogen-bond donors (Lipinski definition) is 1. The van der Waals surface area contributed by atoms with Crippen LogP contribution in [-0.4, -0.2) is 12.6 Å². The van der Waals surface area contributed by atoms with E-state index in [0.29, 0.717) is 0 Å². The van der Waals surface area contributed by atoms with Gasteiger partial charge in [0, 0.05) is 5.54 Å². The molecule has 1 aliphatic rings. The molecule has 0 atom stereocenters. The predicted molar refractivity (Wildman–Crippen MR) is 65.3 cm³/mol. The summed E-state index contributed by atoms with van der Waals surface area (Å²) in [5, 5.41) is 3.35. The van der Waals surface area contributed by atoms with E-state index in [4.69, 9.17) is 0 Å². The molecule has 0 radical (unpaired) electrons. The number of nitrogens with one attached hydrogen (secondary N) is 1. The van der Waals surface area contributed by atoms with E-state index in [2.05, 4.69) is 43.4 Å². The summed E-state index contributed by atoms with van der Waals surface area (Å²) in [5.74, 6) is 0.864. The minimum absolute atomic E-state index is 0.197. The van der Waals surface area contributed by atoms with Crippen molar-refractivity contribution in [2.24, 2.45) is 0 Å². The first-order valence-corrected chi connectivity index (χ1v) is 5.88. The highest BCUT2D eigenvalue weighted by Gasteiger charge is 2.24. The first kappa shape index (κ1) is 10.7. The minimum Gasteiger partial charge on any atom is -0.314 e. The Morgan fingerprint density at radius 2 is 2.07 bits per heavy atom. The molecule has 2 rings (SSSR count). The average Bonchev–Trinajstić information content (AvgIpc) is 3.01. The number of hydrogen-bond acceptors (Lipinski definition) is 1. The molecule has 1 saturated carbocycles. The maximum Gasteiger partial charge on any atom is 0.0162 e. The van der Waals surface area contributed by atoms with Crippen LogP contribution in [0.1, 0.15) is 43.7 Å². The van der Waals surface area contributed by atoms with Crippen molar-refractivity contribution in [1.29, 1.82) is 0 Å². The summed E-state index contributed by atoms with van der Waals surface area (Å²) in [6, 6.07) is 9.10. The molecule has 0 spiro atoms. The van der Waals surface area contributed by atoms with Crippen LogP contribution in [0.25, 0.3) is 0 Å². The molecule has 1 heteroatoms. The Kier molecular flexibility index (Phi) is 2.83. The number of likely N-dealkylation sites (N-methyl/N-ethyl adjacent to an activating group) is 1. The lowest BCUT2D eigenvalue weighted by atomic mass is 9.93. The fourth-order valence-electron chi connectivity index (χ4n) is 1.97. The second-order valence-electron chi connectivity index (χ2n) is 5.33. The van der Waals surface area contributed by atoms with Gasteiger partial charge >= 0.3 is 0 Å².